The summed E-state index contributed by atoms with van der Waals surface area (Å²) in [5.41, 5.74) is 0.841. The Bertz CT molecular complexity index is 331. The summed E-state index contributed by atoms with van der Waals surface area (Å²) in [7, 11) is 0. The van der Waals surface area contributed by atoms with Crippen LogP contribution in [0.3, 0.4) is 0 Å². The minimum Gasteiger partial charge on any atom is -0.478 e. The minimum absolute atomic E-state index is 0.218. The molecule has 0 saturated carbocycles. The average Bonchev–Trinajstić information content (AvgIpc) is 2.43. The van der Waals surface area contributed by atoms with E-state index in [9.17, 15) is 4.79 Å². The van der Waals surface area contributed by atoms with Gasteiger partial charge in [0.2, 0.25) is 0 Å². The number of aromatic nitrogens is 2. The molecule has 0 amide bonds. The molecule has 1 heterocycles. The monoisotopic (exact) mass is 198 g/mol. The van der Waals surface area contributed by atoms with Crippen LogP contribution in [0.4, 0.5) is 0 Å². The molecular formula is C9H14N2O3. The molecule has 5 nitrogen and oxygen atoms in total. The van der Waals surface area contributed by atoms with Crippen molar-refractivity contribution in [1.29, 1.82) is 0 Å². The van der Waals surface area contributed by atoms with Gasteiger partial charge in [-0.3, -0.25) is 4.68 Å². The lowest BCUT2D eigenvalue weighted by molar-refractivity contribution is 0.0696. The number of carboxylic acids is 1. The van der Waals surface area contributed by atoms with Gasteiger partial charge in [-0.05, 0) is 20.3 Å². The van der Waals surface area contributed by atoms with Crippen LogP contribution in [0.2, 0.25) is 0 Å². The van der Waals surface area contributed by atoms with Crippen molar-refractivity contribution in [2.24, 2.45) is 0 Å². The third-order valence-corrected chi connectivity index (χ3v) is 2.09. The zero-order chi connectivity index (χ0) is 10.7. The van der Waals surface area contributed by atoms with Gasteiger partial charge in [0.1, 0.15) is 5.56 Å². The van der Waals surface area contributed by atoms with E-state index in [1.54, 1.807) is 18.5 Å². The van der Waals surface area contributed by atoms with Gasteiger partial charge in [0.05, 0.1) is 12.3 Å². The maximum absolute atomic E-state index is 10.7. The Morgan fingerprint density at radius 1 is 1.71 bits per heavy atom. The first-order valence-corrected chi connectivity index (χ1v) is 4.46. The average molecular weight is 198 g/mol. The molecule has 5 heteroatoms. The lowest BCUT2D eigenvalue weighted by Gasteiger charge is -2.06. The Balaban J connectivity index is 2.74. The molecule has 0 aliphatic carbocycles. The number of aryl methyl sites for hydroxylation is 1. The van der Waals surface area contributed by atoms with Crippen LogP contribution < -0.4 is 0 Å². The van der Waals surface area contributed by atoms with Crippen LogP contribution in [0.1, 0.15) is 29.4 Å². The Morgan fingerprint density at radius 2 is 2.36 bits per heavy atom. The standard InChI is InChI=1S/C9H14N2O3/c1-6(12)3-4-11-7(2)8(5-10-11)9(13)14/h5-6,12H,3-4H2,1-2H3,(H,13,14). The molecule has 1 rings (SSSR count). The summed E-state index contributed by atoms with van der Waals surface area (Å²) < 4.78 is 1.59. The molecule has 0 saturated heterocycles. The normalized spacial score (nSPS) is 12.8. The van der Waals surface area contributed by atoms with Crippen molar-refractivity contribution in [1.82, 2.24) is 9.78 Å². The minimum atomic E-state index is -0.967. The molecule has 0 radical (unpaired) electrons. The summed E-state index contributed by atoms with van der Waals surface area (Å²) in [6.07, 6.45) is 1.51. The molecule has 0 aliphatic rings. The summed E-state index contributed by atoms with van der Waals surface area (Å²) in [6.45, 7) is 3.94. The number of aliphatic hydroxyl groups is 1. The number of aromatic carboxylic acids is 1. The Morgan fingerprint density at radius 3 is 2.79 bits per heavy atom. The first-order chi connectivity index (χ1) is 6.52. The zero-order valence-corrected chi connectivity index (χ0v) is 8.27. The van der Waals surface area contributed by atoms with Crippen LogP contribution in [0.25, 0.3) is 0 Å². The van der Waals surface area contributed by atoms with Crippen LogP contribution in [-0.2, 0) is 6.54 Å². The summed E-state index contributed by atoms with van der Waals surface area (Å²) >= 11 is 0. The van der Waals surface area contributed by atoms with E-state index < -0.39 is 12.1 Å². The van der Waals surface area contributed by atoms with Crippen molar-refractivity contribution >= 4 is 5.97 Å². The summed E-state index contributed by atoms with van der Waals surface area (Å²) in [5.74, 6) is -0.967. The quantitative estimate of drug-likeness (QED) is 0.745. The van der Waals surface area contributed by atoms with E-state index >= 15 is 0 Å². The molecule has 1 atom stereocenters. The third-order valence-electron chi connectivity index (χ3n) is 2.09. The first-order valence-electron chi connectivity index (χ1n) is 4.46. The number of carboxylic acid groups (broad SMARTS) is 1. The summed E-state index contributed by atoms with van der Waals surface area (Å²) in [6, 6.07) is 0. The fourth-order valence-corrected chi connectivity index (χ4v) is 1.19. The van der Waals surface area contributed by atoms with Crippen molar-refractivity contribution in [2.75, 3.05) is 0 Å². The third kappa shape index (κ3) is 2.32. The molecule has 0 aromatic carbocycles. The van der Waals surface area contributed by atoms with Crippen molar-refractivity contribution < 1.29 is 15.0 Å². The van der Waals surface area contributed by atoms with Gasteiger partial charge >= 0.3 is 5.97 Å². The largest absolute Gasteiger partial charge is 0.478 e. The molecule has 1 aromatic rings. The predicted octanol–water partition coefficient (Wildman–Crippen LogP) is 0.661. The lowest BCUT2D eigenvalue weighted by atomic mass is 10.2. The second kappa shape index (κ2) is 4.23. The van der Waals surface area contributed by atoms with E-state index in [1.165, 1.54) is 6.20 Å². The number of aliphatic hydroxyl groups excluding tert-OH is 1. The molecule has 0 spiro atoms. The van der Waals surface area contributed by atoms with E-state index in [-0.39, 0.29) is 5.56 Å². The van der Waals surface area contributed by atoms with Crippen LogP contribution >= 0.6 is 0 Å². The van der Waals surface area contributed by atoms with Crippen LogP contribution in [0.5, 0.6) is 0 Å². The second-order valence-electron chi connectivity index (χ2n) is 3.31. The number of hydrogen-bond acceptors (Lipinski definition) is 3. The Kier molecular flexibility index (Phi) is 3.24. The topological polar surface area (TPSA) is 75.3 Å². The first kappa shape index (κ1) is 10.7. The number of carbonyl (C=O) groups is 1. The van der Waals surface area contributed by atoms with Gasteiger partial charge < -0.3 is 10.2 Å². The van der Waals surface area contributed by atoms with Crippen molar-refractivity contribution in [3.05, 3.63) is 17.5 Å². The number of nitrogens with zero attached hydrogens (tertiary/aromatic N) is 2. The van der Waals surface area contributed by atoms with Gasteiger partial charge in [-0.1, -0.05) is 0 Å². The highest BCUT2D eigenvalue weighted by atomic mass is 16.4. The van der Waals surface area contributed by atoms with Gasteiger partial charge in [-0.25, -0.2) is 4.79 Å². The molecule has 78 valence electrons. The summed E-state index contributed by atoms with van der Waals surface area (Å²) in [5, 5.41) is 21.8. The maximum atomic E-state index is 10.7. The maximum Gasteiger partial charge on any atom is 0.339 e. The molecule has 2 N–H and O–H groups in total. The van der Waals surface area contributed by atoms with E-state index in [0.29, 0.717) is 18.7 Å². The predicted molar refractivity (Wildman–Crippen MR) is 50.2 cm³/mol. The Labute approximate surface area is 82.0 Å². The van der Waals surface area contributed by atoms with Crippen LogP contribution in [0.15, 0.2) is 6.20 Å². The molecule has 1 aromatic heterocycles. The molecule has 0 bridgehead atoms. The van der Waals surface area contributed by atoms with Crippen molar-refractivity contribution in [3.63, 3.8) is 0 Å². The highest BCUT2D eigenvalue weighted by molar-refractivity contribution is 5.88. The number of rotatable bonds is 4. The van der Waals surface area contributed by atoms with Crippen molar-refractivity contribution in [2.45, 2.75) is 32.9 Å². The van der Waals surface area contributed by atoms with Gasteiger partial charge in [-0.2, -0.15) is 5.10 Å². The van der Waals surface area contributed by atoms with Gasteiger partial charge in [0.25, 0.3) is 0 Å². The zero-order valence-electron chi connectivity index (χ0n) is 8.27. The molecule has 1 unspecified atom stereocenters. The fourth-order valence-electron chi connectivity index (χ4n) is 1.19. The van der Waals surface area contributed by atoms with Crippen molar-refractivity contribution in [3.8, 4) is 0 Å². The van der Waals surface area contributed by atoms with Crippen LogP contribution in [0, 0.1) is 6.92 Å². The van der Waals surface area contributed by atoms with Gasteiger partial charge in [0, 0.05) is 12.2 Å². The van der Waals surface area contributed by atoms with Gasteiger partial charge in [-0.15, -0.1) is 0 Å². The second-order valence-corrected chi connectivity index (χ2v) is 3.31. The van der Waals surface area contributed by atoms with Crippen LogP contribution in [-0.4, -0.2) is 32.1 Å². The molecule has 0 fully saturated rings. The Hall–Kier alpha value is -1.36. The number of hydrogen-bond donors (Lipinski definition) is 2. The molecule has 0 aliphatic heterocycles. The highest BCUT2D eigenvalue weighted by Crippen LogP contribution is 2.08. The smallest absolute Gasteiger partial charge is 0.339 e. The van der Waals surface area contributed by atoms with E-state index in [0.717, 1.165) is 0 Å². The lowest BCUT2D eigenvalue weighted by Crippen LogP contribution is -2.10. The van der Waals surface area contributed by atoms with E-state index in [1.807, 2.05) is 0 Å². The van der Waals surface area contributed by atoms with Gasteiger partial charge in [0.15, 0.2) is 0 Å². The SMILES string of the molecule is Cc1c(C(=O)O)cnn1CCC(C)O. The van der Waals surface area contributed by atoms with E-state index in [2.05, 4.69) is 5.10 Å². The van der Waals surface area contributed by atoms with E-state index in [4.69, 9.17) is 10.2 Å². The summed E-state index contributed by atoms with van der Waals surface area (Å²) in [4.78, 5) is 10.7. The highest BCUT2D eigenvalue weighted by Gasteiger charge is 2.12. The fraction of sp³-hybridized carbons (Fsp3) is 0.556. The molecule has 14 heavy (non-hydrogen) atoms. The molecular weight excluding hydrogens is 184 g/mol.